The van der Waals surface area contributed by atoms with Gasteiger partial charge in [-0.25, -0.2) is 8.42 Å². The van der Waals surface area contributed by atoms with Crippen LogP contribution in [0.3, 0.4) is 0 Å². The number of nitrogens with two attached hydrogens (primary N) is 1. The van der Waals surface area contributed by atoms with E-state index in [0.29, 0.717) is 5.56 Å². The Morgan fingerprint density at radius 1 is 1.05 bits per heavy atom. The van der Waals surface area contributed by atoms with Gasteiger partial charge >= 0.3 is 0 Å². The number of amides is 1. The first-order chi connectivity index (χ1) is 9.89. The van der Waals surface area contributed by atoms with Gasteiger partial charge in [-0.1, -0.05) is 42.5 Å². The summed E-state index contributed by atoms with van der Waals surface area (Å²) < 4.78 is 23.4. The summed E-state index contributed by atoms with van der Waals surface area (Å²) in [5.41, 5.74) is 6.78. The average molecular weight is 304 g/mol. The highest BCUT2D eigenvalue weighted by molar-refractivity contribution is 7.90. The number of para-hydroxylation sites is 1. The Labute approximate surface area is 123 Å². The van der Waals surface area contributed by atoms with Crippen molar-refractivity contribution in [3.8, 4) is 0 Å². The number of anilines is 1. The minimum atomic E-state index is -3.42. The molecule has 110 valence electrons. The molecule has 2 aromatic carbocycles. The molecular formula is C15H16N2O3S. The minimum Gasteiger partial charge on any atom is -0.323 e. The van der Waals surface area contributed by atoms with Crippen LogP contribution in [-0.4, -0.2) is 20.6 Å². The van der Waals surface area contributed by atoms with Crippen LogP contribution in [0.2, 0.25) is 0 Å². The number of carbonyl (C=O) groups is 1. The van der Waals surface area contributed by atoms with Gasteiger partial charge in [0.15, 0.2) is 9.84 Å². The van der Waals surface area contributed by atoms with Gasteiger partial charge in [-0.3, -0.25) is 4.79 Å². The van der Waals surface area contributed by atoms with Gasteiger partial charge in [0.05, 0.1) is 10.6 Å². The lowest BCUT2D eigenvalue weighted by Gasteiger charge is -2.14. The lowest BCUT2D eigenvalue weighted by Crippen LogP contribution is -2.28. The molecule has 0 saturated carbocycles. The number of hydrogen-bond acceptors (Lipinski definition) is 4. The number of hydrogen-bond donors (Lipinski definition) is 2. The van der Waals surface area contributed by atoms with Gasteiger partial charge in [0.2, 0.25) is 5.91 Å². The van der Waals surface area contributed by atoms with E-state index >= 15 is 0 Å². The number of sulfone groups is 1. The molecule has 0 bridgehead atoms. The second-order valence-corrected chi connectivity index (χ2v) is 6.63. The predicted octanol–water partition coefficient (Wildman–Crippen LogP) is 1.73. The first kappa shape index (κ1) is 15.2. The van der Waals surface area contributed by atoms with Crippen LogP contribution in [0.4, 0.5) is 5.69 Å². The maximum Gasteiger partial charge on any atom is 0.245 e. The van der Waals surface area contributed by atoms with Crippen LogP contribution in [-0.2, 0) is 14.6 Å². The molecule has 1 atom stereocenters. The van der Waals surface area contributed by atoms with E-state index in [9.17, 15) is 13.2 Å². The Morgan fingerprint density at radius 3 is 2.24 bits per heavy atom. The van der Waals surface area contributed by atoms with Crippen LogP contribution < -0.4 is 11.1 Å². The van der Waals surface area contributed by atoms with Crippen LogP contribution in [0, 0.1) is 0 Å². The molecule has 1 amide bonds. The maximum atomic E-state index is 12.2. The van der Waals surface area contributed by atoms with Crippen LogP contribution in [0.1, 0.15) is 11.6 Å². The van der Waals surface area contributed by atoms with Crippen molar-refractivity contribution in [3.05, 3.63) is 60.2 Å². The average Bonchev–Trinajstić information content (AvgIpc) is 2.47. The quantitative estimate of drug-likeness (QED) is 0.900. The lowest BCUT2D eigenvalue weighted by atomic mass is 10.1. The second kappa shape index (κ2) is 6.07. The first-order valence-electron chi connectivity index (χ1n) is 6.30. The lowest BCUT2D eigenvalue weighted by molar-refractivity contribution is -0.117. The van der Waals surface area contributed by atoms with Crippen molar-refractivity contribution in [1.29, 1.82) is 0 Å². The van der Waals surface area contributed by atoms with Gasteiger partial charge in [0, 0.05) is 6.26 Å². The van der Waals surface area contributed by atoms with Gasteiger partial charge in [-0.05, 0) is 17.7 Å². The fourth-order valence-corrected chi connectivity index (χ4v) is 2.76. The molecule has 0 spiro atoms. The molecule has 0 heterocycles. The third-order valence-electron chi connectivity index (χ3n) is 2.99. The monoisotopic (exact) mass is 304 g/mol. The van der Waals surface area contributed by atoms with Crippen molar-refractivity contribution in [2.24, 2.45) is 5.73 Å². The molecule has 3 N–H and O–H groups in total. The zero-order chi connectivity index (χ0) is 15.5. The van der Waals surface area contributed by atoms with Gasteiger partial charge in [-0.2, -0.15) is 0 Å². The van der Waals surface area contributed by atoms with Crippen molar-refractivity contribution >= 4 is 21.4 Å². The minimum absolute atomic E-state index is 0.0682. The van der Waals surface area contributed by atoms with Gasteiger partial charge in [0.25, 0.3) is 0 Å². The predicted molar refractivity (Wildman–Crippen MR) is 81.6 cm³/mol. The fourth-order valence-electron chi connectivity index (χ4n) is 1.92. The normalized spacial score (nSPS) is 12.7. The molecule has 1 unspecified atom stereocenters. The molecule has 0 saturated heterocycles. The van der Waals surface area contributed by atoms with E-state index in [0.717, 1.165) is 6.26 Å². The molecule has 21 heavy (non-hydrogen) atoms. The molecule has 0 radical (unpaired) electrons. The van der Waals surface area contributed by atoms with Crippen molar-refractivity contribution in [1.82, 2.24) is 0 Å². The molecule has 2 aromatic rings. The summed E-state index contributed by atoms with van der Waals surface area (Å²) in [5.74, 6) is -0.461. The summed E-state index contributed by atoms with van der Waals surface area (Å²) in [7, 11) is -3.42. The Hall–Kier alpha value is -2.18. The Morgan fingerprint density at radius 2 is 1.62 bits per heavy atom. The molecule has 0 aliphatic rings. The summed E-state index contributed by atoms with van der Waals surface area (Å²) in [6.07, 6.45) is 1.09. The van der Waals surface area contributed by atoms with E-state index in [1.54, 1.807) is 36.4 Å². The van der Waals surface area contributed by atoms with Gasteiger partial charge in [-0.15, -0.1) is 0 Å². The number of rotatable bonds is 4. The summed E-state index contributed by atoms with van der Waals surface area (Å²) in [4.78, 5) is 12.2. The van der Waals surface area contributed by atoms with E-state index in [1.165, 1.54) is 12.1 Å². The van der Waals surface area contributed by atoms with Crippen LogP contribution in [0.15, 0.2) is 59.5 Å². The van der Waals surface area contributed by atoms with Crippen molar-refractivity contribution in [2.75, 3.05) is 11.6 Å². The van der Waals surface area contributed by atoms with E-state index < -0.39 is 21.8 Å². The van der Waals surface area contributed by atoms with Crippen LogP contribution in [0.5, 0.6) is 0 Å². The van der Waals surface area contributed by atoms with Gasteiger partial charge in [0.1, 0.15) is 6.04 Å². The molecule has 0 aliphatic carbocycles. The molecule has 5 nitrogen and oxygen atoms in total. The smallest absolute Gasteiger partial charge is 0.245 e. The topological polar surface area (TPSA) is 89.3 Å². The van der Waals surface area contributed by atoms with E-state index in [1.807, 2.05) is 6.07 Å². The fraction of sp³-hybridized carbons (Fsp3) is 0.133. The Kier molecular flexibility index (Phi) is 4.40. The molecule has 2 rings (SSSR count). The highest BCUT2D eigenvalue weighted by Crippen LogP contribution is 2.22. The summed E-state index contributed by atoms with van der Waals surface area (Å²) in [6, 6.07) is 14.2. The summed E-state index contributed by atoms with van der Waals surface area (Å²) in [5, 5.41) is 2.57. The molecular weight excluding hydrogens is 288 g/mol. The first-order valence-corrected chi connectivity index (χ1v) is 8.19. The third kappa shape index (κ3) is 3.68. The Balaban J connectivity index is 2.25. The third-order valence-corrected chi connectivity index (χ3v) is 4.14. The van der Waals surface area contributed by atoms with E-state index in [2.05, 4.69) is 5.32 Å². The summed E-state index contributed by atoms with van der Waals surface area (Å²) in [6.45, 7) is 0. The largest absolute Gasteiger partial charge is 0.323 e. The standard InChI is InChI=1S/C15H16N2O3S/c1-21(19,20)13-10-6-5-9-12(13)17-15(18)14(16)11-7-3-2-4-8-11/h2-10,14H,16H2,1H3,(H,17,18). The van der Waals surface area contributed by atoms with Crippen LogP contribution >= 0.6 is 0 Å². The van der Waals surface area contributed by atoms with Crippen molar-refractivity contribution in [2.45, 2.75) is 10.9 Å². The number of carbonyl (C=O) groups excluding carboxylic acids is 1. The highest BCUT2D eigenvalue weighted by atomic mass is 32.2. The van der Waals surface area contributed by atoms with E-state index in [4.69, 9.17) is 5.73 Å². The molecule has 0 aromatic heterocycles. The second-order valence-electron chi connectivity index (χ2n) is 4.65. The van der Waals surface area contributed by atoms with Crippen molar-refractivity contribution < 1.29 is 13.2 Å². The van der Waals surface area contributed by atoms with E-state index in [-0.39, 0.29) is 10.6 Å². The maximum absolute atomic E-state index is 12.2. The molecule has 0 aliphatic heterocycles. The zero-order valence-electron chi connectivity index (χ0n) is 11.5. The zero-order valence-corrected chi connectivity index (χ0v) is 12.3. The highest BCUT2D eigenvalue weighted by Gasteiger charge is 2.19. The number of nitrogens with one attached hydrogen (secondary N) is 1. The van der Waals surface area contributed by atoms with Gasteiger partial charge < -0.3 is 11.1 Å². The molecule has 6 heteroatoms. The summed E-state index contributed by atoms with van der Waals surface area (Å²) >= 11 is 0. The Bertz CT molecular complexity index is 743. The van der Waals surface area contributed by atoms with Crippen molar-refractivity contribution in [3.63, 3.8) is 0 Å². The SMILES string of the molecule is CS(=O)(=O)c1ccccc1NC(=O)C(N)c1ccccc1. The molecule has 0 fully saturated rings. The number of benzene rings is 2. The van der Waals surface area contributed by atoms with Crippen LogP contribution in [0.25, 0.3) is 0 Å².